The molecule has 0 saturated carbocycles. The highest BCUT2D eigenvalue weighted by atomic mass is 35.5. The lowest BCUT2D eigenvalue weighted by Gasteiger charge is -2.22. The summed E-state index contributed by atoms with van der Waals surface area (Å²) in [6.45, 7) is 1.43. The Bertz CT molecular complexity index is 386. The molecule has 3 nitrogen and oxygen atoms in total. The number of carbonyl (C=O) groups excluding carboxylic acids is 1. The zero-order valence-electron chi connectivity index (χ0n) is 9.52. The number of rotatable bonds is 4. The zero-order chi connectivity index (χ0) is 12.1. The summed E-state index contributed by atoms with van der Waals surface area (Å²) >= 11 is 5.96. The molecule has 0 aliphatic carbocycles. The maximum atomic E-state index is 11.9. The molecule has 1 heterocycles. The van der Waals surface area contributed by atoms with Crippen LogP contribution in [0, 0.1) is 0 Å². The van der Waals surface area contributed by atoms with Crippen molar-refractivity contribution in [1.82, 2.24) is 0 Å². The van der Waals surface area contributed by atoms with Gasteiger partial charge in [0.15, 0.2) is 12.1 Å². The normalized spacial score (nSPS) is 17.0. The Kier molecular flexibility index (Phi) is 4.54. The third-order valence-corrected chi connectivity index (χ3v) is 3.01. The van der Waals surface area contributed by atoms with Gasteiger partial charge in [0, 0.05) is 18.4 Å². The van der Waals surface area contributed by atoms with Crippen molar-refractivity contribution >= 4 is 17.4 Å². The minimum Gasteiger partial charge on any atom is -0.353 e. The predicted molar refractivity (Wildman–Crippen MR) is 65.3 cm³/mol. The maximum absolute atomic E-state index is 11.9. The third-order valence-electron chi connectivity index (χ3n) is 2.68. The summed E-state index contributed by atoms with van der Waals surface area (Å²) in [4.78, 5) is 11.9. The average molecular weight is 255 g/mol. The Balaban J connectivity index is 1.87. The Hall–Kier alpha value is -0.900. The summed E-state index contributed by atoms with van der Waals surface area (Å²) in [5.74, 6) is 0.0355. The Labute approximate surface area is 106 Å². The topological polar surface area (TPSA) is 35.5 Å². The molecule has 0 amide bonds. The van der Waals surface area contributed by atoms with Crippen molar-refractivity contribution < 1.29 is 14.3 Å². The molecular formula is C13H15ClO3. The standard InChI is InChI=1S/C13H15ClO3/c14-11-5-2-1-4-10(11)12(15)6-7-13-16-8-3-9-17-13/h1-2,4-5,13H,3,6-9H2. The van der Waals surface area contributed by atoms with E-state index in [4.69, 9.17) is 21.1 Å². The molecule has 2 rings (SSSR count). The molecule has 1 aromatic carbocycles. The maximum Gasteiger partial charge on any atom is 0.164 e. The first-order valence-corrected chi connectivity index (χ1v) is 6.16. The summed E-state index contributed by atoms with van der Waals surface area (Å²) in [5, 5.41) is 0.503. The van der Waals surface area contributed by atoms with Crippen LogP contribution in [0.25, 0.3) is 0 Å². The van der Waals surface area contributed by atoms with Crippen molar-refractivity contribution in [2.75, 3.05) is 13.2 Å². The molecule has 17 heavy (non-hydrogen) atoms. The minimum absolute atomic E-state index is 0.0355. The SMILES string of the molecule is O=C(CCC1OCCCO1)c1ccccc1Cl. The lowest BCUT2D eigenvalue weighted by molar-refractivity contribution is -0.180. The first-order chi connectivity index (χ1) is 8.27. The smallest absolute Gasteiger partial charge is 0.164 e. The summed E-state index contributed by atoms with van der Waals surface area (Å²) in [5.41, 5.74) is 0.574. The van der Waals surface area contributed by atoms with Gasteiger partial charge in [0.1, 0.15) is 0 Å². The summed E-state index contributed by atoms with van der Waals surface area (Å²) < 4.78 is 10.8. The van der Waals surface area contributed by atoms with E-state index in [9.17, 15) is 4.79 Å². The van der Waals surface area contributed by atoms with Gasteiger partial charge in [0.2, 0.25) is 0 Å². The number of carbonyl (C=O) groups is 1. The number of hydrogen-bond acceptors (Lipinski definition) is 3. The molecule has 1 aliphatic heterocycles. The second-order valence-electron chi connectivity index (χ2n) is 3.97. The van der Waals surface area contributed by atoms with E-state index >= 15 is 0 Å². The quantitative estimate of drug-likeness (QED) is 0.775. The van der Waals surface area contributed by atoms with E-state index in [1.165, 1.54) is 0 Å². The molecule has 0 aromatic heterocycles. The molecule has 0 spiro atoms. The Morgan fingerprint density at radius 3 is 2.71 bits per heavy atom. The van der Waals surface area contributed by atoms with Crippen LogP contribution in [-0.2, 0) is 9.47 Å². The van der Waals surface area contributed by atoms with Gasteiger partial charge in [0.05, 0.1) is 18.2 Å². The molecule has 1 aliphatic rings. The van der Waals surface area contributed by atoms with E-state index in [-0.39, 0.29) is 12.1 Å². The van der Waals surface area contributed by atoms with Crippen molar-refractivity contribution in [1.29, 1.82) is 0 Å². The summed E-state index contributed by atoms with van der Waals surface area (Å²) in [7, 11) is 0. The van der Waals surface area contributed by atoms with Gasteiger partial charge >= 0.3 is 0 Å². The molecule has 0 N–H and O–H groups in total. The van der Waals surface area contributed by atoms with E-state index in [0.717, 1.165) is 6.42 Å². The van der Waals surface area contributed by atoms with Gasteiger partial charge < -0.3 is 9.47 Å². The number of halogens is 1. The molecule has 0 radical (unpaired) electrons. The number of benzene rings is 1. The molecular weight excluding hydrogens is 240 g/mol. The van der Waals surface area contributed by atoms with Gasteiger partial charge in [-0.05, 0) is 18.6 Å². The van der Waals surface area contributed by atoms with Crippen LogP contribution in [0.1, 0.15) is 29.6 Å². The predicted octanol–water partition coefficient (Wildman–Crippen LogP) is 3.07. The van der Waals surface area contributed by atoms with Crippen LogP contribution in [0.3, 0.4) is 0 Å². The van der Waals surface area contributed by atoms with E-state index < -0.39 is 0 Å². The van der Waals surface area contributed by atoms with E-state index in [1.54, 1.807) is 12.1 Å². The lowest BCUT2D eigenvalue weighted by Crippen LogP contribution is -2.25. The van der Waals surface area contributed by atoms with Crippen LogP contribution < -0.4 is 0 Å². The van der Waals surface area contributed by atoms with Crippen LogP contribution in [0.5, 0.6) is 0 Å². The molecule has 4 heteroatoms. The van der Waals surface area contributed by atoms with E-state index in [2.05, 4.69) is 0 Å². The number of ketones is 1. The van der Waals surface area contributed by atoms with E-state index in [0.29, 0.717) is 36.6 Å². The highest BCUT2D eigenvalue weighted by Crippen LogP contribution is 2.19. The third kappa shape index (κ3) is 3.53. The fourth-order valence-corrected chi connectivity index (χ4v) is 2.02. The highest BCUT2D eigenvalue weighted by Gasteiger charge is 2.17. The summed E-state index contributed by atoms with van der Waals surface area (Å²) in [6, 6.07) is 7.09. The van der Waals surface area contributed by atoms with Gasteiger partial charge in [-0.15, -0.1) is 0 Å². The van der Waals surface area contributed by atoms with Gasteiger partial charge in [-0.2, -0.15) is 0 Å². The number of Topliss-reactive ketones (excluding diaryl/α,β-unsaturated/α-hetero) is 1. The van der Waals surface area contributed by atoms with Crippen LogP contribution >= 0.6 is 11.6 Å². The number of hydrogen-bond donors (Lipinski definition) is 0. The Morgan fingerprint density at radius 2 is 2.00 bits per heavy atom. The first-order valence-electron chi connectivity index (χ1n) is 5.78. The fraction of sp³-hybridized carbons (Fsp3) is 0.462. The minimum atomic E-state index is -0.241. The van der Waals surface area contributed by atoms with Crippen molar-refractivity contribution in [3.63, 3.8) is 0 Å². The van der Waals surface area contributed by atoms with Crippen LogP contribution in [0.15, 0.2) is 24.3 Å². The average Bonchev–Trinajstić information content (AvgIpc) is 2.38. The van der Waals surface area contributed by atoms with E-state index in [1.807, 2.05) is 12.1 Å². The molecule has 0 bridgehead atoms. The van der Waals surface area contributed by atoms with Crippen LogP contribution in [0.4, 0.5) is 0 Å². The van der Waals surface area contributed by atoms with Crippen molar-refractivity contribution in [3.05, 3.63) is 34.9 Å². The molecule has 92 valence electrons. The molecule has 1 saturated heterocycles. The van der Waals surface area contributed by atoms with Gasteiger partial charge in [-0.25, -0.2) is 0 Å². The molecule has 1 fully saturated rings. The second-order valence-corrected chi connectivity index (χ2v) is 4.37. The van der Waals surface area contributed by atoms with Gasteiger partial charge in [0.25, 0.3) is 0 Å². The van der Waals surface area contributed by atoms with Crippen molar-refractivity contribution in [2.24, 2.45) is 0 Å². The highest BCUT2D eigenvalue weighted by molar-refractivity contribution is 6.33. The largest absolute Gasteiger partial charge is 0.353 e. The molecule has 0 unspecified atom stereocenters. The zero-order valence-corrected chi connectivity index (χ0v) is 10.3. The lowest BCUT2D eigenvalue weighted by atomic mass is 10.1. The van der Waals surface area contributed by atoms with Crippen molar-refractivity contribution in [3.8, 4) is 0 Å². The summed E-state index contributed by atoms with van der Waals surface area (Å²) in [6.07, 6.45) is 1.67. The number of ether oxygens (including phenoxy) is 2. The Morgan fingerprint density at radius 1 is 1.29 bits per heavy atom. The van der Waals surface area contributed by atoms with Crippen LogP contribution in [-0.4, -0.2) is 25.3 Å². The van der Waals surface area contributed by atoms with Gasteiger partial charge in [-0.3, -0.25) is 4.79 Å². The van der Waals surface area contributed by atoms with Crippen molar-refractivity contribution in [2.45, 2.75) is 25.6 Å². The van der Waals surface area contributed by atoms with Gasteiger partial charge in [-0.1, -0.05) is 23.7 Å². The fourth-order valence-electron chi connectivity index (χ4n) is 1.77. The second kappa shape index (κ2) is 6.15. The molecule has 0 atom stereocenters. The first kappa shape index (κ1) is 12.6. The monoisotopic (exact) mass is 254 g/mol. The molecule has 1 aromatic rings. The van der Waals surface area contributed by atoms with Crippen LogP contribution in [0.2, 0.25) is 5.02 Å².